The molecule has 2 heterocycles. The summed E-state index contributed by atoms with van der Waals surface area (Å²) in [6, 6.07) is 3.64. The Hall–Kier alpha value is -1.62. The van der Waals surface area contributed by atoms with Crippen molar-refractivity contribution in [2.24, 2.45) is 11.8 Å². The fraction of sp³-hybridized carbons (Fsp3) is 0.417. The van der Waals surface area contributed by atoms with Gasteiger partial charge in [-0.15, -0.1) is 0 Å². The highest BCUT2D eigenvalue weighted by Gasteiger charge is 2.45. The Labute approximate surface area is 109 Å². The van der Waals surface area contributed by atoms with E-state index in [4.69, 9.17) is 11.6 Å². The fourth-order valence-corrected chi connectivity index (χ4v) is 2.67. The largest absolute Gasteiger partial charge is 0.356 e. The number of fused-ring (bicyclic) bond motifs is 1. The van der Waals surface area contributed by atoms with E-state index < -0.39 is 4.92 Å². The summed E-state index contributed by atoms with van der Waals surface area (Å²) in [5.74, 6) is 2.53. The van der Waals surface area contributed by atoms with Crippen LogP contribution >= 0.6 is 11.6 Å². The molecule has 1 aromatic rings. The van der Waals surface area contributed by atoms with Crippen molar-refractivity contribution >= 4 is 23.5 Å². The Balaban J connectivity index is 1.78. The van der Waals surface area contributed by atoms with Crippen LogP contribution in [0.15, 0.2) is 18.3 Å². The van der Waals surface area contributed by atoms with E-state index in [2.05, 4.69) is 9.88 Å². The molecule has 2 atom stereocenters. The van der Waals surface area contributed by atoms with Crippen LogP contribution in [0.4, 0.5) is 5.82 Å². The van der Waals surface area contributed by atoms with Gasteiger partial charge in [-0.3, -0.25) is 10.1 Å². The number of nitrogens with zero attached hydrogens (tertiary/aromatic N) is 3. The zero-order valence-electron chi connectivity index (χ0n) is 9.62. The molecular formula is C12H12ClN3O2. The molecule has 2 fully saturated rings. The lowest BCUT2D eigenvalue weighted by atomic mass is 10.2. The number of hydrogen-bond donors (Lipinski definition) is 0. The van der Waals surface area contributed by atoms with Crippen LogP contribution in [0.1, 0.15) is 12.0 Å². The van der Waals surface area contributed by atoms with Crippen LogP contribution in [0.3, 0.4) is 0 Å². The summed E-state index contributed by atoms with van der Waals surface area (Å²) in [4.78, 5) is 16.3. The number of nitro groups is 1. The Kier molecular flexibility index (Phi) is 2.70. The first-order chi connectivity index (χ1) is 8.63. The molecule has 0 N–H and O–H groups in total. The van der Waals surface area contributed by atoms with E-state index in [1.807, 2.05) is 6.07 Å². The normalized spacial score (nSPS) is 25.5. The van der Waals surface area contributed by atoms with Gasteiger partial charge in [-0.1, -0.05) is 11.6 Å². The number of pyridine rings is 1. The van der Waals surface area contributed by atoms with E-state index >= 15 is 0 Å². The summed E-state index contributed by atoms with van der Waals surface area (Å²) in [6.45, 7) is 2.11. The summed E-state index contributed by atoms with van der Waals surface area (Å²) >= 11 is 6.03. The summed E-state index contributed by atoms with van der Waals surface area (Å²) in [5.41, 5.74) is 0.571. The lowest BCUT2D eigenvalue weighted by Crippen LogP contribution is -2.22. The lowest BCUT2D eigenvalue weighted by molar-refractivity contribution is -0.400. The van der Waals surface area contributed by atoms with Gasteiger partial charge in [0.2, 0.25) is 6.20 Å². The van der Waals surface area contributed by atoms with Gasteiger partial charge in [0.15, 0.2) is 0 Å². The van der Waals surface area contributed by atoms with E-state index in [1.54, 1.807) is 6.07 Å². The summed E-state index contributed by atoms with van der Waals surface area (Å²) < 4.78 is 0. The van der Waals surface area contributed by atoms with E-state index in [-0.39, 0.29) is 0 Å². The van der Waals surface area contributed by atoms with E-state index in [9.17, 15) is 10.1 Å². The molecule has 0 radical (unpaired) electrons. The minimum Gasteiger partial charge on any atom is -0.356 e. The van der Waals surface area contributed by atoms with Gasteiger partial charge in [0.1, 0.15) is 11.0 Å². The predicted octanol–water partition coefficient (Wildman–Crippen LogP) is 2.44. The quantitative estimate of drug-likeness (QED) is 0.478. The van der Waals surface area contributed by atoms with E-state index in [0.717, 1.165) is 36.9 Å². The van der Waals surface area contributed by atoms with Crippen molar-refractivity contribution < 1.29 is 4.92 Å². The van der Waals surface area contributed by atoms with Crippen LogP contribution < -0.4 is 4.90 Å². The Morgan fingerprint density at radius 1 is 1.44 bits per heavy atom. The first kappa shape index (κ1) is 11.5. The van der Waals surface area contributed by atoms with E-state index in [1.165, 1.54) is 12.5 Å². The van der Waals surface area contributed by atoms with Gasteiger partial charge < -0.3 is 4.90 Å². The number of hydrogen-bond acceptors (Lipinski definition) is 4. The first-order valence-corrected chi connectivity index (χ1v) is 6.24. The molecule has 1 saturated carbocycles. The smallest absolute Gasteiger partial charge is 0.235 e. The van der Waals surface area contributed by atoms with Crippen LogP contribution in [0.25, 0.3) is 6.08 Å². The topological polar surface area (TPSA) is 59.3 Å². The lowest BCUT2D eigenvalue weighted by Gasteiger charge is -2.19. The van der Waals surface area contributed by atoms with Crippen molar-refractivity contribution in [3.8, 4) is 0 Å². The molecule has 1 aliphatic carbocycles. The third-order valence-corrected chi connectivity index (χ3v) is 3.84. The average Bonchev–Trinajstić information content (AvgIpc) is 2.94. The molecule has 0 spiro atoms. The molecule has 1 saturated heterocycles. The number of halogens is 1. The SMILES string of the molecule is O=[N+]([O-])/C=C/c1ccc(N2CC3CC3C2)nc1Cl. The molecule has 2 unspecified atom stereocenters. The fourth-order valence-electron chi connectivity index (χ4n) is 2.46. The molecule has 94 valence electrons. The second-order valence-corrected chi connectivity index (χ2v) is 5.17. The molecule has 0 amide bonds. The van der Waals surface area contributed by atoms with Crippen LogP contribution in [-0.2, 0) is 0 Å². The molecule has 1 aliphatic heterocycles. The average molecular weight is 266 g/mol. The second-order valence-electron chi connectivity index (χ2n) is 4.81. The van der Waals surface area contributed by atoms with Gasteiger partial charge in [-0.2, -0.15) is 0 Å². The monoisotopic (exact) mass is 265 g/mol. The third kappa shape index (κ3) is 2.18. The minimum absolute atomic E-state index is 0.311. The second kappa shape index (κ2) is 4.24. The highest BCUT2D eigenvalue weighted by molar-refractivity contribution is 6.31. The van der Waals surface area contributed by atoms with Gasteiger partial charge in [-0.05, 0) is 30.4 Å². The zero-order chi connectivity index (χ0) is 12.7. The number of rotatable bonds is 3. The van der Waals surface area contributed by atoms with Crippen molar-refractivity contribution in [2.45, 2.75) is 6.42 Å². The maximum absolute atomic E-state index is 10.2. The molecule has 6 heteroatoms. The number of piperidine rings is 1. The Morgan fingerprint density at radius 2 is 2.17 bits per heavy atom. The maximum atomic E-state index is 10.2. The molecule has 18 heavy (non-hydrogen) atoms. The van der Waals surface area contributed by atoms with Crippen molar-refractivity contribution in [1.29, 1.82) is 0 Å². The van der Waals surface area contributed by atoms with Gasteiger partial charge >= 0.3 is 0 Å². The van der Waals surface area contributed by atoms with Crippen molar-refractivity contribution in [2.75, 3.05) is 18.0 Å². The molecule has 1 aromatic heterocycles. The summed E-state index contributed by atoms with van der Waals surface area (Å²) in [5, 5.41) is 10.6. The van der Waals surface area contributed by atoms with Crippen LogP contribution in [-0.4, -0.2) is 23.0 Å². The van der Waals surface area contributed by atoms with Gasteiger partial charge in [0, 0.05) is 24.7 Å². The molecule has 0 aromatic carbocycles. The minimum atomic E-state index is -0.516. The first-order valence-electron chi connectivity index (χ1n) is 5.86. The van der Waals surface area contributed by atoms with Crippen molar-refractivity contribution in [3.05, 3.63) is 39.2 Å². The summed E-state index contributed by atoms with van der Waals surface area (Å²) in [6.07, 6.45) is 3.57. The Morgan fingerprint density at radius 3 is 2.78 bits per heavy atom. The van der Waals surface area contributed by atoms with Gasteiger partial charge in [0.25, 0.3) is 0 Å². The Bertz CT molecular complexity index is 522. The highest BCUT2D eigenvalue weighted by Crippen LogP contribution is 2.46. The number of anilines is 1. The standard InChI is InChI=1S/C12H12ClN3O2/c13-12-8(3-4-16(17)18)1-2-11(14-12)15-6-9-5-10(9)7-15/h1-4,9-10H,5-7H2/b4-3+. The van der Waals surface area contributed by atoms with Crippen LogP contribution in [0.2, 0.25) is 5.15 Å². The molecule has 0 bridgehead atoms. The van der Waals surface area contributed by atoms with Gasteiger partial charge in [0.05, 0.1) is 4.92 Å². The summed E-state index contributed by atoms with van der Waals surface area (Å²) in [7, 11) is 0. The highest BCUT2D eigenvalue weighted by atomic mass is 35.5. The third-order valence-electron chi connectivity index (χ3n) is 3.54. The van der Waals surface area contributed by atoms with Crippen LogP contribution in [0, 0.1) is 22.0 Å². The number of aromatic nitrogens is 1. The van der Waals surface area contributed by atoms with E-state index in [0.29, 0.717) is 10.7 Å². The molecule has 5 nitrogen and oxygen atoms in total. The van der Waals surface area contributed by atoms with Crippen LogP contribution in [0.5, 0.6) is 0 Å². The van der Waals surface area contributed by atoms with Crippen molar-refractivity contribution in [1.82, 2.24) is 4.98 Å². The zero-order valence-corrected chi connectivity index (χ0v) is 10.4. The molecular weight excluding hydrogens is 254 g/mol. The van der Waals surface area contributed by atoms with Gasteiger partial charge in [-0.25, -0.2) is 4.98 Å². The maximum Gasteiger partial charge on any atom is 0.235 e. The predicted molar refractivity (Wildman–Crippen MR) is 69.1 cm³/mol. The molecule has 2 aliphatic rings. The molecule has 3 rings (SSSR count). The van der Waals surface area contributed by atoms with Crippen molar-refractivity contribution in [3.63, 3.8) is 0 Å².